The average Bonchev–Trinajstić information content (AvgIpc) is 3.08. The quantitative estimate of drug-likeness (QED) is 0.484. The largest absolute Gasteiger partial charge is 0.508 e. The Morgan fingerprint density at radius 2 is 2.08 bits per heavy atom. The predicted octanol–water partition coefficient (Wildman–Crippen LogP) is 1.19. The minimum Gasteiger partial charge on any atom is -0.508 e. The number of benzene rings is 1. The highest BCUT2D eigenvalue weighted by molar-refractivity contribution is 5.94. The second-order valence-corrected chi connectivity index (χ2v) is 5.05. The number of amides is 2. The highest BCUT2D eigenvalue weighted by Crippen LogP contribution is 2.31. The van der Waals surface area contributed by atoms with Crippen LogP contribution in [0.1, 0.15) is 27.2 Å². The molecule has 2 amide bonds. The van der Waals surface area contributed by atoms with E-state index >= 15 is 0 Å². The minimum absolute atomic E-state index is 0.0215. The minimum atomic E-state index is -0.543. The number of furan rings is 1. The predicted molar refractivity (Wildman–Crippen MR) is 86.0 cm³/mol. The SMILES string of the molecule is Cc1cc(O)c(C)c(O)c1/C=N/NC(=O)CNC(=O)c1ccco1. The van der Waals surface area contributed by atoms with Crippen LogP contribution >= 0.6 is 0 Å². The van der Waals surface area contributed by atoms with Crippen LogP contribution in [0.4, 0.5) is 0 Å². The van der Waals surface area contributed by atoms with Crippen molar-refractivity contribution >= 4 is 18.0 Å². The Bertz CT molecular complexity index is 782. The summed E-state index contributed by atoms with van der Waals surface area (Å²) in [5, 5.41) is 25.7. The van der Waals surface area contributed by atoms with Gasteiger partial charge in [-0.05, 0) is 37.6 Å². The van der Waals surface area contributed by atoms with Gasteiger partial charge in [-0.25, -0.2) is 5.43 Å². The molecule has 0 aliphatic carbocycles. The van der Waals surface area contributed by atoms with Gasteiger partial charge in [-0.3, -0.25) is 9.59 Å². The zero-order valence-corrected chi connectivity index (χ0v) is 13.2. The number of hydrogen-bond acceptors (Lipinski definition) is 6. The van der Waals surface area contributed by atoms with Crippen LogP contribution in [0.15, 0.2) is 34.0 Å². The lowest BCUT2D eigenvalue weighted by atomic mass is 10.0. The second-order valence-electron chi connectivity index (χ2n) is 5.05. The van der Waals surface area contributed by atoms with Gasteiger partial charge in [-0.1, -0.05) is 0 Å². The molecule has 0 fully saturated rings. The number of phenolic OH excluding ortho intramolecular Hbond substituents is 2. The van der Waals surface area contributed by atoms with Gasteiger partial charge in [-0.2, -0.15) is 5.10 Å². The first-order valence-electron chi connectivity index (χ1n) is 7.06. The molecule has 0 saturated heterocycles. The van der Waals surface area contributed by atoms with Crippen LogP contribution in [0.3, 0.4) is 0 Å². The number of carbonyl (C=O) groups excluding carboxylic acids is 2. The van der Waals surface area contributed by atoms with Gasteiger partial charge in [-0.15, -0.1) is 0 Å². The fourth-order valence-electron chi connectivity index (χ4n) is 1.93. The molecule has 0 radical (unpaired) electrons. The molecule has 0 atom stereocenters. The Balaban J connectivity index is 1.91. The molecule has 2 rings (SSSR count). The first kappa shape index (κ1) is 17.1. The van der Waals surface area contributed by atoms with Crippen molar-refractivity contribution in [2.24, 2.45) is 5.10 Å². The Morgan fingerprint density at radius 1 is 1.33 bits per heavy atom. The van der Waals surface area contributed by atoms with E-state index in [0.717, 1.165) is 0 Å². The van der Waals surface area contributed by atoms with E-state index in [2.05, 4.69) is 15.8 Å². The number of rotatable bonds is 5. The number of hydrazone groups is 1. The van der Waals surface area contributed by atoms with Crippen molar-refractivity contribution in [2.75, 3.05) is 6.54 Å². The lowest BCUT2D eigenvalue weighted by Gasteiger charge is -2.08. The van der Waals surface area contributed by atoms with E-state index in [4.69, 9.17) is 4.42 Å². The van der Waals surface area contributed by atoms with Crippen molar-refractivity contribution in [2.45, 2.75) is 13.8 Å². The number of carbonyl (C=O) groups is 2. The average molecular weight is 331 g/mol. The molecule has 8 nitrogen and oxygen atoms in total. The van der Waals surface area contributed by atoms with E-state index in [9.17, 15) is 19.8 Å². The van der Waals surface area contributed by atoms with Crippen molar-refractivity contribution in [3.8, 4) is 11.5 Å². The van der Waals surface area contributed by atoms with E-state index in [1.54, 1.807) is 19.9 Å². The summed E-state index contributed by atoms with van der Waals surface area (Å²) in [7, 11) is 0. The normalized spacial score (nSPS) is 10.8. The zero-order valence-electron chi connectivity index (χ0n) is 13.2. The zero-order chi connectivity index (χ0) is 17.7. The second kappa shape index (κ2) is 7.32. The molecule has 0 bridgehead atoms. The number of nitrogens with zero attached hydrogens (tertiary/aromatic N) is 1. The Kier molecular flexibility index (Phi) is 5.20. The van der Waals surface area contributed by atoms with Gasteiger partial charge in [0.1, 0.15) is 11.5 Å². The van der Waals surface area contributed by atoms with E-state index in [1.807, 2.05) is 0 Å². The summed E-state index contributed by atoms with van der Waals surface area (Å²) in [6.45, 7) is 2.96. The van der Waals surface area contributed by atoms with Gasteiger partial charge < -0.3 is 19.9 Å². The third-order valence-electron chi connectivity index (χ3n) is 3.31. The van der Waals surface area contributed by atoms with Crippen LogP contribution in [0, 0.1) is 13.8 Å². The van der Waals surface area contributed by atoms with Crippen molar-refractivity contribution in [1.29, 1.82) is 0 Å². The Hall–Kier alpha value is -3.29. The maximum atomic E-state index is 11.6. The van der Waals surface area contributed by atoms with Gasteiger partial charge in [0, 0.05) is 11.1 Å². The summed E-state index contributed by atoms with van der Waals surface area (Å²) in [4.78, 5) is 23.2. The molecule has 8 heteroatoms. The molecule has 24 heavy (non-hydrogen) atoms. The third-order valence-corrected chi connectivity index (χ3v) is 3.31. The molecular weight excluding hydrogens is 314 g/mol. The molecule has 0 saturated carbocycles. The van der Waals surface area contributed by atoms with E-state index in [1.165, 1.54) is 24.6 Å². The number of phenols is 2. The van der Waals surface area contributed by atoms with Crippen molar-refractivity contribution in [1.82, 2.24) is 10.7 Å². The molecule has 0 aliphatic heterocycles. The number of nitrogens with one attached hydrogen (secondary N) is 2. The fourth-order valence-corrected chi connectivity index (χ4v) is 1.93. The van der Waals surface area contributed by atoms with E-state index < -0.39 is 11.8 Å². The molecule has 0 spiro atoms. The van der Waals surface area contributed by atoms with Crippen molar-refractivity contribution in [3.05, 3.63) is 46.9 Å². The molecule has 0 unspecified atom stereocenters. The topological polar surface area (TPSA) is 124 Å². The van der Waals surface area contributed by atoms with Gasteiger partial charge in [0.15, 0.2) is 5.76 Å². The Morgan fingerprint density at radius 3 is 2.75 bits per heavy atom. The summed E-state index contributed by atoms with van der Waals surface area (Å²) in [6, 6.07) is 4.53. The summed E-state index contributed by atoms with van der Waals surface area (Å²) in [6.07, 6.45) is 2.62. The van der Waals surface area contributed by atoms with E-state index in [-0.39, 0.29) is 23.8 Å². The first-order valence-corrected chi connectivity index (χ1v) is 7.06. The molecule has 1 aromatic heterocycles. The first-order chi connectivity index (χ1) is 11.4. The lowest BCUT2D eigenvalue weighted by Crippen LogP contribution is -2.34. The van der Waals surface area contributed by atoms with Crippen LogP contribution in [0.25, 0.3) is 0 Å². The molecule has 4 N–H and O–H groups in total. The molecular formula is C16H17N3O5. The Labute approximate surface area is 137 Å². The van der Waals surface area contributed by atoms with Gasteiger partial charge in [0.2, 0.25) is 0 Å². The summed E-state index contributed by atoms with van der Waals surface area (Å²) >= 11 is 0. The van der Waals surface area contributed by atoms with Crippen molar-refractivity contribution in [3.63, 3.8) is 0 Å². The van der Waals surface area contributed by atoms with Gasteiger partial charge >= 0.3 is 0 Å². The highest BCUT2D eigenvalue weighted by Gasteiger charge is 2.11. The van der Waals surface area contributed by atoms with Gasteiger partial charge in [0.25, 0.3) is 11.8 Å². The fraction of sp³-hybridized carbons (Fsp3) is 0.188. The smallest absolute Gasteiger partial charge is 0.287 e. The molecule has 0 aliphatic rings. The van der Waals surface area contributed by atoms with Crippen molar-refractivity contribution < 1.29 is 24.2 Å². The monoisotopic (exact) mass is 331 g/mol. The van der Waals surface area contributed by atoms with Crippen LogP contribution < -0.4 is 10.7 Å². The third kappa shape index (κ3) is 3.92. The van der Waals surface area contributed by atoms with Crippen LogP contribution in [-0.4, -0.2) is 34.8 Å². The number of hydrogen-bond donors (Lipinski definition) is 4. The highest BCUT2D eigenvalue weighted by atomic mass is 16.3. The van der Waals surface area contributed by atoms with E-state index in [0.29, 0.717) is 16.7 Å². The van der Waals surface area contributed by atoms with Gasteiger partial charge in [0.05, 0.1) is 19.0 Å². The lowest BCUT2D eigenvalue weighted by molar-refractivity contribution is -0.120. The standard InChI is InChI=1S/C16H17N3O5/c1-9-6-12(20)10(2)15(22)11(9)7-18-19-14(21)8-17-16(23)13-4-3-5-24-13/h3-7,20,22H,8H2,1-2H3,(H,17,23)(H,19,21)/b18-7+. The molecule has 2 aromatic rings. The van der Waals surface area contributed by atoms with Crippen LogP contribution in [-0.2, 0) is 4.79 Å². The van der Waals surface area contributed by atoms with Crippen LogP contribution in [0.5, 0.6) is 11.5 Å². The number of aryl methyl sites for hydroxylation is 1. The maximum absolute atomic E-state index is 11.6. The summed E-state index contributed by atoms with van der Waals surface area (Å²) < 4.78 is 4.89. The summed E-state index contributed by atoms with van der Waals surface area (Å²) in [5.74, 6) is -1.09. The molecule has 1 aromatic carbocycles. The maximum Gasteiger partial charge on any atom is 0.287 e. The van der Waals surface area contributed by atoms with Crippen LogP contribution in [0.2, 0.25) is 0 Å². The number of aromatic hydroxyl groups is 2. The summed E-state index contributed by atoms with van der Waals surface area (Å²) in [5.41, 5.74) is 3.53. The molecule has 1 heterocycles. The molecule has 126 valence electrons.